The van der Waals surface area contributed by atoms with Crippen molar-refractivity contribution >= 4 is 23.6 Å². The molecule has 2 amide bonds. The molecule has 0 fully saturated rings. The summed E-state index contributed by atoms with van der Waals surface area (Å²) in [6, 6.07) is 15.4. The lowest BCUT2D eigenvalue weighted by Crippen LogP contribution is -2.47. The molecule has 0 radical (unpaired) electrons. The number of nitrogens with zero attached hydrogens (tertiary/aromatic N) is 1. The molecular formula is C23H29FN2O2S. The van der Waals surface area contributed by atoms with Crippen molar-refractivity contribution in [2.75, 3.05) is 12.3 Å². The van der Waals surface area contributed by atoms with Gasteiger partial charge in [-0.3, -0.25) is 9.59 Å². The molecule has 0 aromatic heterocycles. The van der Waals surface area contributed by atoms with Crippen molar-refractivity contribution in [1.29, 1.82) is 0 Å². The first kappa shape index (κ1) is 22.9. The van der Waals surface area contributed by atoms with Crippen molar-refractivity contribution in [3.63, 3.8) is 0 Å². The minimum absolute atomic E-state index is 0.0871. The van der Waals surface area contributed by atoms with Gasteiger partial charge >= 0.3 is 0 Å². The van der Waals surface area contributed by atoms with Gasteiger partial charge in [0.1, 0.15) is 11.9 Å². The molecule has 0 aliphatic heterocycles. The highest BCUT2D eigenvalue weighted by molar-refractivity contribution is 7.99. The molecule has 0 aliphatic carbocycles. The summed E-state index contributed by atoms with van der Waals surface area (Å²) >= 11 is 1.61. The maximum absolute atomic E-state index is 13.2. The summed E-state index contributed by atoms with van der Waals surface area (Å²) in [4.78, 5) is 28.2. The molecule has 2 aromatic carbocycles. The van der Waals surface area contributed by atoms with Gasteiger partial charge in [-0.15, -0.1) is 11.8 Å². The van der Waals surface area contributed by atoms with E-state index >= 15 is 0 Å². The second-order valence-corrected chi connectivity index (χ2v) is 8.05. The number of nitrogens with one attached hydrogen (secondary N) is 1. The van der Waals surface area contributed by atoms with Crippen molar-refractivity contribution in [3.05, 3.63) is 66.0 Å². The Hall–Kier alpha value is -2.34. The van der Waals surface area contributed by atoms with Gasteiger partial charge in [0.05, 0.1) is 0 Å². The topological polar surface area (TPSA) is 49.4 Å². The minimum Gasteiger partial charge on any atom is -0.354 e. The fourth-order valence-electron chi connectivity index (χ4n) is 2.82. The lowest BCUT2D eigenvalue weighted by molar-refractivity contribution is -0.140. The predicted molar refractivity (Wildman–Crippen MR) is 116 cm³/mol. The SMILES string of the molecule is CCCCNC(=O)C(C)N(Cc1ccc(F)cc1)C(=O)CCSc1ccccc1. The van der Waals surface area contributed by atoms with Crippen molar-refractivity contribution in [1.82, 2.24) is 10.2 Å². The predicted octanol–water partition coefficient (Wildman–Crippen LogP) is 4.64. The van der Waals surface area contributed by atoms with Crippen LogP contribution in [0.4, 0.5) is 4.39 Å². The van der Waals surface area contributed by atoms with Crippen molar-refractivity contribution in [2.24, 2.45) is 0 Å². The van der Waals surface area contributed by atoms with Gasteiger partial charge < -0.3 is 10.2 Å². The molecule has 1 N–H and O–H groups in total. The molecular weight excluding hydrogens is 387 g/mol. The van der Waals surface area contributed by atoms with Gasteiger partial charge in [-0.05, 0) is 43.2 Å². The Kier molecular flexibility index (Phi) is 9.71. The minimum atomic E-state index is -0.592. The maximum atomic E-state index is 13.2. The number of thioether (sulfide) groups is 1. The Balaban J connectivity index is 2.02. The van der Waals surface area contributed by atoms with Crippen molar-refractivity contribution in [2.45, 2.75) is 50.6 Å². The zero-order chi connectivity index (χ0) is 21.1. The van der Waals surface area contributed by atoms with Crippen LogP contribution in [-0.4, -0.2) is 35.1 Å². The molecule has 0 aliphatic rings. The van der Waals surface area contributed by atoms with Crippen LogP contribution in [0.2, 0.25) is 0 Å². The molecule has 0 bridgehead atoms. The van der Waals surface area contributed by atoms with E-state index in [1.807, 2.05) is 30.3 Å². The summed E-state index contributed by atoms with van der Waals surface area (Å²) in [5, 5.41) is 2.90. The van der Waals surface area contributed by atoms with E-state index in [9.17, 15) is 14.0 Å². The number of hydrogen-bond donors (Lipinski definition) is 1. The number of unbranched alkanes of at least 4 members (excludes halogenated alkanes) is 1. The summed E-state index contributed by atoms with van der Waals surface area (Å²) in [5.74, 6) is 0.0594. The first-order chi connectivity index (χ1) is 14.0. The monoisotopic (exact) mass is 416 g/mol. The van der Waals surface area contributed by atoms with Crippen LogP contribution in [-0.2, 0) is 16.1 Å². The van der Waals surface area contributed by atoms with Gasteiger partial charge in [-0.1, -0.05) is 43.7 Å². The molecule has 2 aromatic rings. The highest BCUT2D eigenvalue weighted by Crippen LogP contribution is 2.19. The number of carbonyl (C=O) groups is 2. The zero-order valence-corrected chi connectivity index (χ0v) is 17.9. The molecule has 0 heterocycles. The molecule has 1 unspecified atom stereocenters. The quantitative estimate of drug-likeness (QED) is 0.429. The van der Waals surface area contributed by atoms with Crippen LogP contribution in [0.15, 0.2) is 59.5 Å². The van der Waals surface area contributed by atoms with Crippen molar-refractivity contribution in [3.8, 4) is 0 Å². The second kappa shape index (κ2) is 12.3. The number of rotatable bonds is 11. The van der Waals surface area contributed by atoms with E-state index in [4.69, 9.17) is 0 Å². The first-order valence-electron chi connectivity index (χ1n) is 10.0. The Morgan fingerprint density at radius 3 is 2.45 bits per heavy atom. The van der Waals surface area contributed by atoms with E-state index in [1.165, 1.54) is 12.1 Å². The van der Waals surface area contributed by atoms with Gasteiger partial charge in [-0.25, -0.2) is 4.39 Å². The van der Waals surface area contributed by atoms with Crippen LogP contribution in [0.5, 0.6) is 0 Å². The molecule has 1 atom stereocenters. The van der Waals surface area contributed by atoms with Gasteiger partial charge in [0, 0.05) is 30.2 Å². The molecule has 0 saturated carbocycles. The molecule has 156 valence electrons. The molecule has 0 saturated heterocycles. The zero-order valence-electron chi connectivity index (χ0n) is 17.1. The summed E-state index contributed by atoms with van der Waals surface area (Å²) in [6.45, 7) is 4.68. The van der Waals surface area contributed by atoms with E-state index in [1.54, 1.807) is 35.7 Å². The van der Waals surface area contributed by atoms with Crippen LogP contribution in [0, 0.1) is 5.82 Å². The van der Waals surface area contributed by atoms with Gasteiger partial charge in [0.15, 0.2) is 0 Å². The third-order valence-electron chi connectivity index (χ3n) is 4.59. The van der Waals surface area contributed by atoms with Crippen molar-refractivity contribution < 1.29 is 14.0 Å². The fraction of sp³-hybridized carbons (Fsp3) is 0.391. The van der Waals surface area contributed by atoms with E-state index in [0.717, 1.165) is 23.3 Å². The third kappa shape index (κ3) is 7.89. The molecule has 29 heavy (non-hydrogen) atoms. The fourth-order valence-corrected chi connectivity index (χ4v) is 3.68. The largest absolute Gasteiger partial charge is 0.354 e. The Labute approximate surface area is 176 Å². The van der Waals surface area contributed by atoms with E-state index in [0.29, 0.717) is 18.7 Å². The third-order valence-corrected chi connectivity index (χ3v) is 5.60. The average molecular weight is 417 g/mol. The van der Waals surface area contributed by atoms with E-state index in [-0.39, 0.29) is 24.2 Å². The van der Waals surface area contributed by atoms with Crippen LogP contribution < -0.4 is 5.32 Å². The number of amides is 2. The molecule has 2 rings (SSSR count). The lowest BCUT2D eigenvalue weighted by Gasteiger charge is -2.29. The first-order valence-corrected chi connectivity index (χ1v) is 11.0. The van der Waals surface area contributed by atoms with Crippen LogP contribution >= 0.6 is 11.8 Å². The van der Waals surface area contributed by atoms with Crippen LogP contribution in [0.25, 0.3) is 0 Å². The Morgan fingerprint density at radius 1 is 1.10 bits per heavy atom. The molecule has 0 spiro atoms. The second-order valence-electron chi connectivity index (χ2n) is 6.88. The van der Waals surface area contributed by atoms with Crippen LogP contribution in [0.3, 0.4) is 0 Å². The highest BCUT2D eigenvalue weighted by Gasteiger charge is 2.25. The standard InChI is InChI=1S/C23H29FN2O2S/c1-3-4-15-25-23(28)18(2)26(17-19-10-12-20(24)13-11-19)22(27)14-16-29-21-8-6-5-7-9-21/h5-13,18H,3-4,14-17H2,1-2H3,(H,25,28). The van der Waals surface area contributed by atoms with Gasteiger partial charge in [-0.2, -0.15) is 0 Å². The summed E-state index contributed by atoms with van der Waals surface area (Å²) < 4.78 is 13.2. The van der Waals surface area contributed by atoms with Gasteiger partial charge in [0.2, 0.25) is 11.8 Å². The summed E-state index contributed by atoms with van der Waals surface area (Å²) in [5.41, 5.74) is 0.795. The number of hydrogen-bond acceptors (Lipinski definition) is 3. The Bertz CT molecular complexity index is 768. The van der Waals surface area contributed by atoms with E-state index < -0.39 is 6.04 Å². The average Bonchev–Trinajstić information content (AvgIpc) is 2.73. The van der Waals surface area contributed by atoms with Gasteiger partial charge in [0.25, 0.3) is 0 Å². The lowest BCUT2D eigenvalue weighted by atomic mass is 10.1. The number of halogens is 1. The number of carbonyl (C=O) groups excluding carboxylic acids is 2. The maximum Gasteiger partial charge on any atom is 0.242 e. The Morgan fingerprint density at radius 2 is 1.79 bits per heavy atom. The highest BCUT2D eigenvalue weighted by atomic mass is 32.2. The molecule has 4 nitrogen and oxygen atoms in total. The smallest absolute Gasteiger partial charge is 0.242 e. The summed E-state index contributed by atoms with van der Waals surface area (Å²) in [7, 11) is 0. The summed E-state index contributed by atoms with van der Waals surface area (Å²) in [6.07, 6.45) is 2.22. The van der Waals surface area contributed by atoms with E-state index in [2.05, 4.69) is 12.2 Å². The normalized spacial score (nSPS) is 11.7. The van der Waals surface area contributed by atoms with Crippen LogP contribution in [0.1, 0.15) is 38.7 Å². The molecule has 6 heteroatoms. The number of benzene rings is 2.